The standard InChI is InChI=1S/C15H14Cl2N4O2/c1-21(2)14(23)12(22)10-6-4-3-5-9(10)7-18-13-11(16)8-19-15(17)20-13/h3-6,8H,7H2,1-2H3,(H,18,19,20). The van der Waals surface area contributed by atoms with Crippen LogP contribution in [0.25, 0.3) is 0 Å². The van der Waals surface area contributed by atoms with Gasteiger partial charge in [0.25, 0.3) is 11.7 Å². The lowest BCUT2D eigenvalue weighted by Crippen LogP contribution is -2.30. The number of carbonyl (C=O) groups is 2. The Morgan fingerprint density at radius 2 is 1.91 bits per heavy atom. The summed E-state index contributed by atoms with van der Waals surface area (Å²) in [6.07, 6.45) is 1.38. The fourth-order valence-electron chi connectivity index (χ4n) is 1.86. The predicted molar refractivity (Wildman–Crippen MR) is 88.8 cm³/mol. The third-order valence-corrected chi connectivity index (χ3v) is 3.48. The van der Waals surface area contributed by atoms with Crippen molar-refractivity contribution in [2.75, 3.05) is 19.4 Å². The summed E-state index contributed by atoms with van der Waals surface area (Å²) in [5.41, 5.74) is 0.980. The molecule has 0 saturated heterocycles. The molecule has 0 spiro atoms. The number of hydrogen-bond acceptors (Lipinski definition) is 5. The Bertz CT molecular complexity index is 750. The zero-order chi connectivity index (χ0) is 17.0. The van der Waals surface area contributed by atoms with Crippen LogP contribution in [-0.4, -0.2) is 40.7 Å². The van der Waals surface area contributed by atoms with Crippen molar-refractivity contribution in [1.29, 1.82) is 0 Å². The third kappa shape index (κ3) is 4.18. The fraction of sp³-hybridized carbons (Fsp3) is 0.200. The van der Waals surface area contributed by atoms with Crippen molar-refractivity contribution >= 4 is 40.7 Å². The highest BCUT2D eigenvalue weighted by atomic mass is 35.5. The van der Waals surface area contributed by atoms with Crippen molar-refractivity contribution in [3.63, 3.8) is 0 Å². The zero-order valence-electron chi connectivity index (χ0n) is 12.5. The molecule has 23 heavy (non-hydrogen) atoms. The Hall–Kier alpha value is -2.18. The Labute approximate surface area is 143 Å². The molecular formula is C15H14Cl2N4O2. The number of Topliss-reactive ketones (excluding diaryl/α,β-unsaturated/α-hetero) is 1. The zero-order valence-corrected chi connectivity index (χ0v) is 14.0. The van der Waals surface area contributed by atoms with Crippen molar-refractivity contribution < 1.29 is 9.59 Å². The fourth-order valence-corrected chi connectivity index (χ4v) is 2.15. The second kappa shape index (κ2) is 7.39. The molecule has 0 aliphatic rings. The van der Waals surface area contributed by atoms with Gasteiger partial charge in [-0.3, -0.25) is 9.59 Å². The molecule has 0 fully saturated rings. The van der Waals surface area contributed by atoms with E-state index in [-0.39, 0.29) is 11.8 Å². The molecule has 6 nitrogen and oxygen atoms in total. The van der Waals surface area contributed by atoms with Gasteiger partial charge in [-0.05, 0) is 17.2 Å². The molecule has 1 aromatic carbocycles. The number of nitrogens with zero attached hydrogens (tertiary/aromatic N) is 3. The second-order valence-corrected chi connectivity index (χ2v) is 5.62. The molecule has 0 bridgehead atoms. The van der Waals surface area contributed by atoms with Gasteiger partial charge in [-0.2, -0.15) is 4.98 Å². The maximum absolute atomic E-state index is 12.2. The summed E-state index contributed by atoms with van der Waals surface area (Å²) in [7, 11) is 3.06. The second-order valence-electron chi connectivity index (χ2n) is 4.87. The quantitative estimate of drug-likeness (QED) is 0.508. The highest BCUT2D eigenvalue weighted by Gasteiger charge is 2.20. The molecule has 0 aliphatic carbocycles. The maximum atomic E-state index is 12.2. The molecule has 2 rings (SSSR count). The van der Waals surface area contributed by atoms with E-state index >= 15 is 0 Å². The van der Waals surface area contributed by atoms with Crippen LogP contribution >= 0.6 is 23.2 Å². The van der Waals surface area contributed by atoms with Crippen LogP contribution < -0.4 is 5.32 Å². The Morgan fingerprint density at radius 1 is 1.22 bits per heavy atom. The normalized spacial score (nSPS) is 10.3. The van der Waals surface area contributed by atoms with Gasteiger partial charge < -0.3 is 10.2 Å². The van der Waals surface area contributed by atoms with Gasteiger partial charge >= 0.3 is 0 Å². The number of anilines is 1. The van der Waals surface area contributed by atoms with E-state index in [0.29, 0.717) is 22.0 Å². The largest absolute Gasteiger partial charge is 0.365 e. The number of aromatic nitrogens is 2. The molecule has 0 radical (unpaired) electrons. The van der Waals surface area contributed by atoms with Gasteiger partial charge in [0, 0.05) is 26.2 Å². The summed E-state index contributed by atoms with van der Waals surface area (Å²) < 4.78 is 0. The molecule has 0 unspecified atom stereocenters. The molecule has 2 aromatic rings. The van der Waals surface area contributed by atoms with Crippen molar-refractivity contribution in [2.24, 2.45) is 0 Å². The van der Waals surface area contributed by atoms with E-state index in [0.717, 1.165) is 0 Å². The number of ketones is 1. The monoisotopic (exact) mass is 352 g/mol. The predicted octanol–water partition coefficient (Wildman–Crippen LogP) is 2.67. The van der Waals surface area contributed by atoms with E-state index in [1.54, 1.807) is 24.3 Å². The Morgan fingerprint density at radius 3 is 2.61 bits per heavy atom. The number of rotatable bonds is 5. The molecule has 0 saturated carbocycles. The molecule has 1 N–H and O–H groups in total. The van der Waals surface area contributed by atoms with Gasteiger partial charge in [0.05, 0.1) is 6.20 Å². The highest BCUT2D eigenvalue weighted by molar-refractivity contribution is 6.43. The minimum Gasteiger partial charge on any atom is -0.365 e. The SMILES string of the molecule is CN(C)C(=O)C(=O)c1ccccc1CNc1nc(Cl)ncc1Cl. The van der Waals surface area contributed by atoms with E-state index in [1.807, 2.05) is 0 Å². The van der Waals surface area contributed by atoms with Gasteiger partial charge in [-0.25, -0.2) is 4.98 Å². The van der Waals surface area contributed by atoms with Crippen molar-refractivity contribution in [3.8, 4) is 0 Å². The van der Waals surface area contributed by atoms with Crippen molar-refractivity contribution in [2.45, 2.75) is 6.54 Å². The number of amides is 1. The van der Waals surface area contributed by atoms with Crippen LogP contribution in [-0.2, 0) is 11.3 Å². The topological polar surface area (TPSA) is 75.2 Å². The number of hydrogen-bond donors (Lipinski definition) is 1. The van der Waals surface area contributed by atoms with Gasteiger partial charge in [0.1, 0.15) is 10.8 Å². The van der Waals surface area contributed by atoms with Crippen LogP contribution in [0, 0.1) is 0 Å². The minimum absolute atomic E-state index is 0.0593. The van der Waals surface area contributed by atoms with Crippen LogP contribution in [0.5, 0.6) is 0 Å². The molecule has 1 aromatic heterocycles. The number of likely N-dealkylation sites (N-methyl/N-ethyl adjacent to an activating group) is 1. The van der Waals surface area contributed by atoms with Crippen LogP contribution in [0.1, 0.15) is 15.9 Å². The summed E-state index contributed by atoms with van der Waals surface area (Å²) in [5.74, 6) is -0.798. The molecule has 120 valence electrons. The summed E-state index contributed by atoms with van der Waals surface area (Å²) in [4.78, 5) is 33.1. The first-order valence-corrected chi connectivity index (χ1v) is 7.41. The maximum Gasteiger partial charge on any atom is 0.294 e. The first kappa shape index (κ1) is 17.2. The average Bonchev–Trinajstić information content (AvgIpc) is 2.54. The van der Waals surface area contributed by atoms with Gasteiger partial charge in [-0.1, -0.05) is 35.9 Å². The van der Waals surface area contributed by atoms with E-state index < -0.39 is 11.7 Å². The summed E-state index contributed by atoms with van der Waals surface area (Å²) in [6.45, 7) is 0.260. The first-order chi connectivity index (χ1) is 10.9. The van der Waals surface area contributed by atoms with Crippen LogP contribution in [0.4, 0.5) is 5.82 Å². The van der Waals surface area contributed by atoms with E-state index in [9.17, 15) is 9.59 Å². The van der Waals surface area contributed by atoms with Crippen LogP contribution in [0.3, 0.4) is 0 Å². The molecule has 1 amide bonds. The van der Waals surface area contributed by atoms with Gasteiger partial charge in [0.2, 0.25) is 5.28 Å². The minimum atomic E-state index is -0.583. The van der Waals surface area contributed by atoms with Gasteiger partial charge in [-0.15, -0.1) is 0 Å². The van der Waals surface area contributed by atoms with Crippen LogP contribution in [0.2, 0.25) is 10.3 Å². The lowest BCUT2D eigenvalue weighted by Gasteiger charge is -2.13. The molecular weight excluding hydrogens is 339 g/mol. The number of nitrogens with one attached hydrogen (secondary N) is 1. The smallest absolute Gasteiger partial charge is 0.294 e. The van der Waals surface area contributed by atoms with Crippen LogP contribution in [0.15, 0.2) is 30.5 Å². The summed E-state index contributed by atoms with van der Waals surface area (Å²) >= 11 is 11.7. The molecule has 8 heteroatoms. The Balaban J connectivity index is 2.23. The van der Waals surface area contributed by atoms with Crippen molar-refractivity contribution in [1.82, 2.24) is 14.9 Å². The lowest BCUT2D eigenvalue weighted by molar-refractivity contribution is -0.124. The number of carbonyl (C=O) groups excluding carboxylic acids is 2. The van der Waals surface area contributed by atoms with Gasteiger partial charge in [0.15, 0.2) is 0 Å². The highest BCUT2D eigenvalue weighted by Crippen LogP contribution is 2.21. The third-order valence-electron chi connectivity index (χ3n) is 3.02. The van der Waals surface area contributed by atoms with Crippen molar-refractivity contribution in [3.05, 3.63) is 51.9 Å². The molecule has 0 aliphatic heterocycles. The lowest BCUT2D eigenvalue weighted by atomic mass is 10.0. The Kier molecular flexibility index (Phi) is 5.52. The summed E-state index contributed by atoms with van der Waals surface area (Å²) in [5, 5.41) is 3.36. The number of benzene rings is 1. The van der Waals surface area contributed by atoms with E-state index in [1.165, 1.54) is 25.2 Å². The molecule has 0 atom stereocenters. The summed E-state index contributed by atoms with van der Waals surface area (Å²) in [6, 6.07) is 6.84. The molecule has 1 heterocycles. The average molecular weight is 353 g/mol. The number of halogens is 2. The first-order valence-electron chi connectivity index (χ1n) is 6.66. The van der Waals surface area contributed by atoms with E-state index in [4.69, 9.17) is 23.2 Å². The van der Waals surface area contributed by atoms with E-state index in [2.05, 4.69) is 15.3 Å².